The van der Waals surface area contributed by atoms with Gasteiger partial charge in [0.2, 0.25) is 0 Å². The molecule has 0 saturated carbocycles. The van der Waals surface area contributed by atoms with Crippen LogP contribution < -0.4 is 0 Å². The van der Waals surface area contributed by atoms with E-state index in [4.69, 9.17) is 19.5 Å². The van der Waals surface area contributed by atoms with Crippen LogP contribution in [0, 0.1) is 11.5 Å². The molecule has 0 N–H and O–H groups in total. The van der Waals surface area contributed by atoms with Crippen molar-refractivity contribution in [1.82, 2.24) is 0 Å². The van der Waals surface area contributed by atoms with Crippen LogP contribution in [0.2, 0.25) is 0 Å². The highest BCUT2D eigenvalue weighted by Crippen LogP contribution is 2.18. The van der Waals surface area contributed by atoms with Crippen molar-refractivity contribution in [2.45, 2.75) is 26.4 Å². The second-order valence-corrected chi connectivity index (χ2v) is 4.63. The van der Waals surface area contributed by atoms with E-state index in [1.807, 2.05) is 0 Å². The Morgan fingerprint density at radius 2 is 1.37 bits per heavy atom. The summed E-state index contributed by atoms with van der Waals surface area (Å²) < 4.78 is 15.8. The molecule has 0 aliphatic heterocycles. The third kappa shape index (κ3) is 6.37. The lowest BCUT2D eigenvalue weighted by atomic mass is 10.1. The summed E-state index contributed by atoms with van der Waals surface area (Å²) in [7, 11) is 0. The zero-order chi connectivity index (χ0) is 15.1. The maximum absolute atomic E-state index is 8.69. The number of ether oxygens (including phenoxy) is 3. The molecular formula is C15H21NO3. The van der Waals surface area contributed by atoms with E-state index < -0.39 is 5.60 Å². The molecule has 4 heteroatoms. The van der Waals surface area contributed by atoms with Crippen LogP contribution in [-0.2, 0) is 14.2 Å². The zero-order valence-corrected chi connectivity index (χ0v) is 11.9. The summed E-state index contributed by atoms with van der Waals surface area (Å²) in [5, 5.41) is 8.69. The molecule has 0 aromatic heterocycles. The number of rotatable bonds is 9. The van der Waals surface area contributed by atoms with Crippen molar-refractivity contribution in [3.8, 4) is 6.26 Å². The van der Waals surface area contributed by atoms with Gasteiger partial charge in [-0.05, 0) is 31.9 Å². The highest BCUT2D eigenvalue weighted by molar-refractivity contribution is 5.17. The number of nitriles is 1. The van der Waals surface area contributed by atoms with E-state index >= 15 is 0 Å². The summed E-state index contributed by atoms with van der Waals surface area (Å²) in [5.74, 6) is 0.901. The van der Waals surface area contributed by atoms with Crippen LogP contribution in [0.15, 0.2) is 49.0 Å². The Morgan fingerprint density at radius 3 is 1.63 bits per heavy atom. The van der Waals surface area contributed by atoms with Crippen molar-refractivity contribution >= 4 is 0 Å². The smallest absolute Gasteiger partial charge is 0.287 e. The summed E-state index contributed by atoms with van der Waals surface area (Å²) in [5.41, 5.74) is 0.504. The first kappa shape index (κ1) is 16.9. The van der Waals surface area contributed by atoms with Gasteiger partial charge in [-0.3, -0.25) is 0 Å². The second kappa shape index (κ2) is 7.32. The van der Waals surface area contributed by atoms with Crippen molar-refractivity contribution in [2.75, 3.05) is 13.2 Å². The van der Waals surface area contributed by atoms with Crippen LogP contribution in [0.25, 0.3) is 0 Å². The highest BCUT2D eigenvalue weighted by Gasteiger charge is 2.29. The van der Waals surface area contributed by atoms with Crippen LogP contribution in [0.5, 0.6) is 0 Å². The lowest BCUT2D eigenvalue weighted by Gasteiger charge is -2.27. The summed E-state index contributed by atoms with van der Waals surface area (Å²) in [6, 6.07) is 0. The van der Waals surface area contributed by atoms with Gasteiger partial charge in [-0.15, -0.1) is 0 Å². The lowest BCUT2D eigenvalue weighted by Crippen LogP contribution is -2.38. The molecule has 0 radical (unpaired) electrons. The van der Waals surface area contributed by atoms with Crippen molar-refractivity contribution in [3.05, 3.63) is 49.0 Å². The Hall–Kier alpha value is -2.15. The third-order valence-electron chi connectivity index (χ3n) is 2.35. The first-order valence-corrected chi connectivity index (χ1v) is 5.74. The van der Waals surface area contributed by atoms with Gasteiger partial charge < -0.3 is 14.2 Å². The molecule has 0 bridgehead atoms. The molecule has 0 atom stereocenters. The fourth-order valence-corrected chi connectivity index (χ4v) is 0.937. The Labute approximate surface area is 115 Å². The van der Waals surface area contributed by atoms with Gasteiger partial charge in [-0.25, -0.2) is 0 Å². The predicted octanol–water partition coefficient (Wildman–Crippen LogP) is 3.46. The molecule has 4 nitrogen and oxygen atoms in total. The van der Waals surface area contributed by atoms with E-state index in [-0.39, 0.29) is 13.2 Å². The Morgan fingerprint density at radius 1 is 1.00 bits per heavy atom. The zero-order valence-electron chi connectivity index (χ0n) is 11.9. The average Bonchev–Trinajstić information content (AvgIpc) is 2.33. The van der Waals surface area contributed by atoms with Gasteiger partial charge in [-0.2, -0.15) is 5.26 Å². The molecular weight excluding hydrogens is 242 g/mol. The predicted molar refractivity (Wildman–Crippen MR) is 74.9 cm³/mol. The van der Waals surface area contributed by atoms with Crippen molar-refractivity contribution in [3.63, 3.8) is 0 Å². The lowest BCUT2D eigenvalue weighted by molar-refractivity contribution is -0.0565. The first-order chi connectivity index (χ1) is 8.72. The Kier molecular flexibility index (Phi) is 6.49. The van der Waals surface area contributed by atoms with Crippen LogP contribution in [0.4, 0.5) is 0 Å². The summed E-state index contributed by atoms with van der Waals surface area (Å²) in [6.45, 7) is 20.3. The van der Waals surface area contributed by atoms with E-state index in [0.717, 1.165) is 0 Å². The molecule has 0 aromatic carbocycles. The quantitative estimate of drug-likeness (QED) is 0.363. The van der Waals surface area contributed by atoms with E-state index in [1.165, 1.54) is 0 Å². The molecule has 0 heterocycles. The summed E-state index contributed by atoms with van der Waals surface area (Å²) in [4.78, 5) is 0. The largest absolute Gasteiger partial charge is 0.490 e. The SMILES string of the molecule is C=C(C)C(=C)OCC(C)(COC(=C)C(=C)C)OC#N. The highest BCUT2D eigenvalue weighted by atomic mass is 16.6. The fraction of sp³-hybridized carbons (Fsp3) is 0.400. The third-order valence-corrected chi connectivity index (χ3v) is 2.35. The van der Waals surface area contributed by atoms with Gasteiger partial charge in [0.05, 0.1) is 0 Å². The van der Waals surface area contributed by atoms with E-state index in [2.05, 4.69) is 26.3 Å². The van der Waals surface area contributed by atoms with Gasteiger partial charge in [0.1, 0.15) is 24.7 Å². The van der Waals surface area contributed by atoms with Crippen molar-refractivity contribution in [1.29, 1.82) is 5.26 Å². The Bertz CT molecular complexity index is 399. The maximum atomic E-state index is 8.69. The van der Waals surface area contributed by atoms with Crippen LogP contribution in [0.3, 0.4) is 0 Å². The minimum absolute atomic E-state index is 0.121. The molecule has 0 aliphatic carbocycles. The summed E-state index contributed by atoms with van der Waals surface area (Å²) >= 11 is 0. The topological polar surface area (TPSA) is 51.5 Å². The minimum Gasteiger partial charge on any atom is -0.490 e. The Balaban J connectivity index is 4.54. The minimum atomic E-state index is -0.925. The number of hydrogen-bond acceptors (Lipinski definition) is 4. The van der Waals surface area contributed by atoms with Gasteiger partial charge in [0.15, 0.2) is 5.60 Å². The van der Waals surface area contributed by atoms with Gasteiger partial charge in [-0.1, -0.05) is 26.3 Å². The molecule has 0 aliphatic rings. The standard InChI is InChI=1S/C15H21NO3/c1-11(2)13(5)17-8-15(7,19-10-16)9-18-14(6)12(3)4/h1,3,5-6,8-9H2,2,4,7H3. The number of allylic oxidation sites excluding steroid dienone is 2. The van der Waals surface area contributed by atoms with E-state index in [0.29, 0.717) is 22.7 Å². The van der Waals surface area contributed by atoms with Crippen LogP contribution in [0.1, 0.15) is 20.8 Å². The van der Waals surface area contributed by atoms with Crippen LogP contribution >= 0.6 is 0 Å². The number of hydrogen-bond donors (Lipinski definition) is 0. The van der Waals surface area contributed by atoms with Gasteiger partial charge in [0, 0.05) is 0 Å². The molecule has 0 spiro atoms. The molecule has 0 aromatic rings. The average molecular weight is 263 g/mol. The monoisotopic (exact) mass is 263 g/mol. The summed E-state index contributed by atoms with van der Waals surface area (Å²) in [6.07, 6.45) is 1.65. The molecule has 0 rings (SSSR count). The molecule has 0 amide bonds. The van der Waals surface area contributed by atoms with Crippen molar-refractivity contribution in [2.24, 2.45) is 0 Å². The van der Waals surface area contributed by atoms with Gasteiger partial charge in [0.25, 0.3) is 6.26 Å². The molecule has 19 heavy (non-hydrogen) atoms. The molecule has 0 fully saturated rings. The van der Waals surface area contributed by atoms with Gasteiger partial charge >= 0.3 is 0 Å². The maximum Gasteiger partial charge on any atom is 0.287 e. The molecule has 0 unspecified atom stereocenters. The molecule has 0 saturated heterocycles. The normalized spacial score (nSPS) is 10.0. The first-order valence-electron chi connectivity index (χ1n) is 5.74. The number of nitrogens with zero attached hydrogens (tertiary/aromatic N) is 1. The van der Waals surface area contributed by atoms with Crippen LogP contribution in [-0.4, -0.2) is 18.8 Å². The molecule has 104 valence electrons. The van der Waals surface area contributed by atoms with E-state index in [9.17, 15) is 0 Å². The second-order valence-electron chi connectivity index (χ2n) is 4.63. The van der Waals surface area contributed by atoms with Crippen molar-refractivity contribution < 1.29 is 14.2 Å². The fourth-order valence-electron chi connectivity index (χ4n) is 0.937. The van der Waals surface area contributed by atoms with E-state index in [1.54, 1.807) is 27.0 Å².